The van der Waals surface area contributed by atoms with Gasteiger partial charge in [-0.05, 0) is 70.8 Å². The monoisotopic (exact) mass is 881 g/mol. The lowest BCUT2D eigenvalue weighted by atomic mass is 9.96. The predicted molar refractivity (Wildman–Crippen MR) is 283 cm³/mol. The van der Waals surface area contributed by atoms with Crippen molar-refractivity contribution in [2.24, 2.45) is 0 Å². The summed E-state index contributed by atoms with van der Waals surface area (Å²) in [5, 5.41) is 6.78. The van der Waals surface area contributed by atoms with E-state index in [1.54, 1.807) is 0 Å². The number of furan rings is 1. The molecule has 0 N–H and O–H groups in total. The van der Waals surface area contributed by atoms with Gasteiger partial charge in [0, 0.05) is 54.6 Å². The van der Waals surface area contributed by atoms with Gasteiger partial charge in [0.05, 0.1) is 27.8 Å². The maximum atomic E-state index is 6.28. The molecule has 0 saturated heterocycles. The SMILES string of the molecule is c1ccc(-c2cccc(-c3ccc(-c4nc(-c5ccccc5)nc(-n5c6ccccc6c6cccc(-c7ccc8oc9ccccc9c8c7)c65)n4)cc3-n3c4ccccc4c4ccccc43)c2)cc1. The number of aromatic nitrogens is 5. The maximum Gasteiger partial charge on any atom is 0.238 e. The molecule has 322 valence electrons. The molecule has 69 heavy (non-hydrogen) atoms. The van der Waals surface area contributed by atoms with Crippen LogP contribution in [0.5, 0.6) is 0 Å². The summed E-state index contributed by atoms with van der Waals surface area (Å²) < 4.78 is 10.9. The highest BCUT2D eigenvalue weighted by molar-refractivity contribution is 6.15. The molecule has 0 amide bonds. The summed E-state index contributed by atoms with van der Waals surface area (Å²) in [6.07, 6.45) is 0. The minimum Gasteiger partial charge on any atom is -0.456 e. The number of hydrogen-bond acceptors (Lipinski definition) is 4. The molecule has 0 aliphatic carbocycles. The van der Waals surface area contributed by atoms with Gasteiger partial charge in [-0.15, -0.1) is 0 Å². The summed E-state index contributed by atoms with van der Waals surface area (Å²) >= 11 is 0. The zero-order valence-electron chi connectivity index (χ0n) is 37.2. The van der Waals surface area contributed by atoms with Gasteiger partial charge in [0.2, 0.25) is 5.95 Å². The van der Waals surface area contributed by atoms with Gasteiger partial charge in [-0.3, -0.25) is 4.57 Å². The third kappa shape index (κ3) is 6.30. The molecule has 0 spiro atoms. The van der Waals surface area contributed by atoms with Crippen molar-refractivity contribution in [1.29, 1.82) is 0 Å². The van der Waals surface area contributed by atoms with Crippen LogP contribution in [-0.2, 0) is 0 Å². The van der Waals surface area contributed by atoms with E-state index >= 15 is 0 Å². The summed E-state index contributed by atoms with van der Waals surface area (Å²) in [5.41, 5.74) is 15.5. The van der Waals surface area contributed by atoms with Gasteiger partial charge < -0.3 is 8.98 Å². The third-order valence-corrected chi connectivity index (χ3v) is 13.6. The molecular weight excluding hydrogens is 843 g/mol. The van der Waals surface area contributed by atoms with E-state index in [1.165, 1.54) is 16.3 Å². The second-order valence-corrected chi connectivity index (χ2v) is 17.6. The highest BCUT2D eigenvalue weighted by atomic mass is 16.3. The Morgan fingerprint density at radius 3 is 1.55 bits per heavy atom. The first-order chi connectivity index (χ1) is 34.2. The second kappa shape index (κ2) is 15.6. The molecule has 10 aromatic carbocycles. The average Bonchev–Trinajstić information content (AvgIpc) is 4.09. The van der Waals surface area contributed by atoms with Crippen molar-refractivity contribution in [3.8, 4) is 67.8 Å². The molecule has 4 aromatic heterocycles. The van der Waals surface area contributed by atoms with Gasteiger partial charge in [-0.1, -0.05) is 188 Å². The Morgan fingerprint density at radius 2 is 0.812 bits per heavy atom. The van der Waals surface area contributed by atoms with Crippen molar-refractivity contribution in [2.75, 3.05) is 0 Å². The smallest absolute Gasteiger partial charge is 0.238 e. The Hall–Kier alpha value is -9.39. The van der Waals surface area contributed by atoms with Crippen LogP contribution in [0.1, 0.15) is 0 Å². The summed E-state index contributed by atoms with van der Waals surface area (Å²) in [6, 6.07) is 83.5. The molecule has 0 aliphatic heterocycles. The van der Waals surface area contributed by atoms with E-state index in [1.807, 2.05) is 30.3 Å². The van der Waals surface area contributed by atoms with E-state index in [9.17, 15) is 0 Å². The average molecular weight is 882 g/mol. The molecule has 0 fully saturated rings. The molecule has 6 heteroatoms. The number of fused-ring (bicyclic) bond motifs is 9. The van der Waals surface area contributed by atoms with Crippen molar-refractivity contribution < 1.29 is 4.42 Å². The molecule has 0 radical (unpaired) electrons. The van der Waals surface area contributed by atoms with Gasteiger partial charge in [-0.25, -0.2) is 4.98 Å². The minimum atomic E-state index is 0.533. The minimum absolute atomic E-state index is 0.533. The number of para-hydroxylation sites is 5. The van der Waals surface area contributed by atoms with Gasteiger partial charge in [0.1, 0.15) is 11.2 Å². The normalized spacial score (nSPS) is 11.8. The Morgan fingerprint density at radius 1 is 0.290 bits per heavy atom. The highest BCUT2D eigenvalue weighted by Crippen LogP contribution is 2.42. The summed E-state index contributed by atoms with van der Waals surface area (Å²) in [4.78, 5) is 16.2. The molecular formula is C63H39N5O. The van der Waals surface area contributed by atoms with Crippen LogP contribution in [0.4, 0.5) is 0 Å². The standard InChI is InChI=1S/C63H39N5O/c1-3-17-40(18-4-1)42-21-15-22-43(37-42)46-35-33-45(39-57(46)67-54-29-11-7-23-48(54)49-24-8-12-30-55(49)67)62-64-61(41-19-5-2-6-20-41)65-63(66-62)68-56-31-13-9-25-50(56)52-28-16-27-47(60(52)68)44-34-36-59-53(38-44)51-26-10-14-32-58(51)69-59/h1-39H. The summed E-state index contributed by atoms with van der Waals surface area (Å²) in [6.45, 7) is 0. The first-order valence-corrected chi connectivity index (χ1v) is 23.3. The predicted octanol–water partition coefficient (Wildman–Crippen LogP) is 16.3. The highest BCUT2D eigenvalue weighted by Gasteiger charge is 2.23. The number of benzene rings is 10. The van der Waals surface area contributed by atoms with Crippen molar-refractivity contribution >= 4 is 65.6 Å². The topological polar surface area (TPSA) is 61.7 Å². The zero-order chi connectivity index (χ0) is 45.4. The molecule has 14 rings (SSSR count). The van der Waals surface area contributed by atoms with Crippen LogP contribution >= 0.6 is 0 Å². The van der Waals surface area contributed by atoms with Crippen LogP contribution in [0.2, 0.25) is 0 Å². The fourth-order valence-corrected chi connectivity index (χ4v) is 10.4. The molecule has 0 saturated carbocycles. The van der Waals surface area contributed by atoms with E-state index < -0.39 is 0 Å². The quantitative estimate of drug-likeness (QED) is 0.160. The Balaban J connectivity index is 1.03. The summed E-state index contributed by atoms with van der Waals surface area (Å²) in [7, 11) is 0. The van der Waals surface area contributed by atoms with Crippen LogP contribution < -0.4 is 0 Å². The Kier molecular flexibility index (Phi) is 8.79. The van der Waals surface area contributed by atoms with Crippen LogP contribution in [0.15, 0.2) is 241 Å². The molecule has 0 bridgehead atoms. The molecule has 0 aliphatic rings. The van der Waals surface area contributed by atoms with Crippen LogP contribution in [0.25, 0.3) is 133 Å². The Labute approximate surface area is 396 Å². The van der Waals surface area contributed by atoms with Crippen LogP contribution in [0, 0.1) is 0 Å². The largest absolute Gasteiger partial charge is 0.456 e. The van der Waals surface area contributed by atoms with Crippen molar-refractivity contribution in [3.63, 3.8) is 0 Å². The van der Waals surface area contributed by atoms with E-state index in [0.29, 0.717) is 17.6 Å². The van der Waals surface area contributed by atoms with E-state index in [4.69, 9.17) is 19.4 Å². The van der Waals surface area contributed by atoms with E-state index in [0.717, 1.165) is 99.4 Å². The second-order valence-electron chi connectivity index (χ2n) is 17.6. The lowest BCUT2D eigenvalue weighted by Crippen LogP contribution is -2.07. The maximum absolute atomic E-state index is 6.28. The van der Waals surface area contributed by atoms with Crippen LogP contribution in [-0.4, -0.2) is 24.1 Å². The molecule has 0 unspecified atom stereocenters. The van der Waals surface area contributed by atoms with Crippen molar-refractivity contribution in [2.45, 2.75) is 0 Å². The first-order valence-electron chi connectivity index (χ1n) is 23.3. The first kappa shape index (κ1) is 38.8. The van der Waals surface area contributed by atoms with Gasteiger partial charge in [-0.2, -0.15) is 9.97 Å². The number of hydrogen-bond donors (Lipinski definition) is 0. The van der Waals surface area contributed by atoms with E-state index in [-0.39, 0.29) is 0 Å². The van der Waals surface area contributed by atoms with Crippen LogP contribution in [0.3, 0.4) is 0 Å². The molecule has 0 atom stereocenters. The molecule has 14 aromatic rings. The summed E-state index contributed by atoms with van der Waals surface area (Å²) in [5.74, 6) is 1.69. The zero-order valence-corrected chi connectivity index (χ0v) is 37.2. The van der Waals surface area contributed by atoms with Crippen molar-refractivity contribution in [1.82, 2.24) is 24.1 Å². The fraction of sp³-hybridized carbons (Fsp3) is 0. The van der Waals surface area contributed by atoms with Crippen molar-refractivity contribution in [3.05, 3.63) is 237 Å². The van der Waals surface area contributed by atoms with Gasteiger partial charge in [0.15, 0.2) is 11.6 Å². The number of rotatable bonds is 7. The molecule has 4 heterocycles. The van der Waals surface area contributed by atoms with E-state index in [2.05, 4.69) is 215 Å². The molecule has 6 nitrogen and oxygen atoms in total. The fourth-order valence-electron chi connectivity index (χ4n) is 10.4. The lowest BCUT2D eigenvalue weighted by molar-refractivity contribution is 0.669. The van der Waals surface area contributed by atoms with Gasteiger partial charge in [0.25, 0.3) is 0 Å². The Bertz CT molecular complexity index is 4260. The lowest BCUT2D eigenvalue weighted by Gasteiger charge is -2.17. The third-order valence-electron chi connectivity index (χ3n) is 13.6. The van der Waals surface area contributed by atoms with Gasteiger partial charge >= 0.3 is 0 Å². The number of nitrogens with zero attached hydrogens (tertiary/aromatic N) is 5.